The summed E-state index contributed by atoms with van der Waals surface area (Å²) in [7, 11) is 1.67. The van der Waals surface area contributed by atoms with Crippen LogP contribution in [0.3, 0.4) is 0 Å². The van der Waals surface area contributed by atoms with Crippen molar-refractivity contribution in [1.29, 1.82) is 0 Å². The SMILES string of the molecule is CNc1c(-c2cc(F)ccc2F)ccnc1C1CCC(F)(F)CC1. The lowest BCUT2D eigenvalue weighted by molar-refractivity contribution is -0.0384. The molecule has 1 N–H and O–H groups in total. The Hall–Kier alpha value is -2.11. The van der Waals surface area contributed by atoms with E-state index in [2.05, 4.69) is 10.3 Å². The van der Waals surface area contributed by atoms with Gasteiger partial charge in [-0.25, -0.2) is 17.6 Å². The molecule has 0 amide bonds. The van der Waals surface area contributed by atoms with E-state index in [1.165, 1.54) is 6.20 Å². The highest BCUT2D eigenvalue weighted by Gasteiger charge is 2.36. The fraction of sp³-hybridized carbons (Fsp3) is 0.389. The lowest BCUT2D eigenvalue weighted by Crippen LogP contribution is -2.24. The zero-order valence-corrected chi connectivity index (χ0v) is 13.3. The van der Waals surface area contributed by atoms with E-state index in [-0.39, 0.29) is 24.3 Å². The molecule has 0 aliphatic heterocycles. The molecule has 0 bridgehead atoms. The summed E-state index contributed by atoms with van der Waals surface area (Å²) in [5, 5.41) is 2.99. The number of rotatable bonds is 3. The molecule has 0 saturated heterocycles. The molecule has 24 heavy (non-hydrogen) atoms. The van der Waals surface area contributed by atoms with Gasteiger partial charge in [0, 0.05) is 43.1 Å². The molecular weight excluding hydrogens is 320 g/mol. The predicted octanol–water partition coefficient (Wildman–Crippen LogP) is 5.36. The van der Waals surface area contributed by atoms with Crippen LogP contribution in [0.25, 0.3) is 11.1 Å². The zero-order valence-electron chi connectivity index (χ0n) is 13.3. The number of anilines is 1. The average molecular weight is 338 g/mol. The number of benzene rings is 1. The minimum absolute atomic E-state index is 0.122. The Bertz CT molecular complexity index is 736. The van der Waals surface area contributed by atoms with Crippen LogP contribution < -0.4 is 5.32 Å². The Balaban J connectivity index is 2.03. The molecule has 0 unspecified atom stereocenters. The van der Waals surface area contributed by atoms with Crippen LogP contribution in [0.1, 0.15) is 37.3 Å². The van der Waals surface area contributed by atoms with E-state index in [1.54, 1.807) is 13.1 Å². The average Bonchev–Trinajstić information content (AvgIpc) is 2.56. The van der Waals surface area contributed by atoms with E-state index >= 15 is 0 Å². The summed E-state index contributed by atoms with van der Waals surface area (Å²) in [5.41, 5.74) is 1.81. The van der Waals surface area contributed by atoms with Crippen LogP contribution in [-0.2, 0) is 0 Å². The third-order valence-electron chi connectivity index (χ3n) is 4.55. The predicted molar refractivity (Wildman–Crippen MR) is 85.3 cm³/mol. The summed E-state index contributed by atoms with van der Waals surface area (Å²) in [6.45, 7) is 0. The number of halogens is 4. The van der Waals surface area contributed by atoms with Gasteiger partial charge in [-0.15, -0.1) is 0 Å². The maximum atomic E-state index is 14.1. The maximum Gasteiger partial charge on any atom is 0.248 e. The first-order valence-electron chi connectivity index (χ1n) is 7.91. The Morgan fingerprint density at radius 1 is 1.08 bits per heavy atom. The molecular formula is C18H18F4N2. The van der Waals surface area contributed by atoms with Gasteiger partial charge in [0.25, 0.3) is 0 Å². The number of aromatic nitrogens is 1. The second-order valence-corrected chi connectivity index (χ2v) is 6.12. The van der Waals surface area contributed by atoms with E-state index in [9.17, 15) is 17.6 Å². The number of alkyl halides is 2. The number of nitrogens with one attached hydrogen (secondary N) is 1. The summed E-state index contributed by atoms with van der Waals surface area (Å²) in [6, 6.07) is 4.86. The highest BCUT2D eigenvalue weighted by Crippen LogP contribution is 2.44. The van der Waals surface area contributed by atoms with Gasteiger partial charge in [0.05, 0.1) is 11.4 Å². The minimum atomic E-state index is -2.62. The lowest BCUT2D eigenvalue weighted by Gasteiger charge is -2.29. The Kier molecular flexibility index (Phi) is 4.47. The second-order valence-electron chi connectivity index (χ2n) is 6.12. The Morgan fingerprint density at radius 3 is 2.46 bits per heavy atom. The van der Waals surface area contributed by atoms with Crippen LogP contribution in [0, 0.1) is 11.6 Å². The van der Waals surface area contributed by atoms with E-state index in [4.69, 9.17) is 0 Å². The van der Waals surface area contributed by atoms with Crippen molar-refractivity contribution in [3.63, 3.8) is 0 Å². The lowest BCUT2D eigenvalue weighted by atomic mass is 9.83. The third-order valence-corrected chi connectivity index (χ3v) is 4.55. The van der Waals surface area contributed by atoms with Crippen molar-refractivity contribution in [2.45, 2.75) is 37.5 Å². The van der Waals surface area contributed by atoms with Crippen molar-refractivity contribution in [2.75, 3.05) is 12.4 Å². The summed E-state index contributed by atoms with van der Waals surface area (Å²) >= 11 is 0. The number of hydrogen-bond acceptors (Lipinski definition) is 2. The van der Waals surface area contributed by atoms with Gasteiger partial charge in [-0.3, -0.25) is 4.98 Å². The summed E-state index contributed by atoms with van der Waals surface area (Å²) < 4.78 is 54.4. The van der Waals surface area contributed by atoms with Crippen molar-refractivity contribution < 1.29 is 17.6 Å². The highest BCUT2D eigenvalue weighted by atomic mass is 19.3. The van der Waals surface area contributed by atoms with Gasteiger partial charge in [0.15, 0.2) is 0 Å². The molecule has 128 valence electrons. The molecule has 0 atom stereocenters. The zero-order chi connectivity index (χ0) is 17.3. The summed E-state index contributed by atoms with van der Waals surface area (Å²) in [6.07, 6.45) is 1.80. The van der Waals surface area contributed by atoms with Crippen LogP contribution in [0.5, 0.6) is 0 Å². The van der Waals surface area contributed by atoms with Gasteiger partial charge >= 0.3 is 0 Å². The molecule has 0 radical (unpaired) electrons. The fourth-order valence-electron chi connectivity index (χ4n) is 3.29. The van der Waals surface area contributed by atoms with Gasteiger partial charge in [0.2, 0.25) is 5.92 Å². The smallest absolute Gasteiger partial charge is 0.248 e. The minimum Gasteiger partial charge on any atom is -0.386 e. The van der Waals surface area contributed by atoms with Crippen LogP contribution in [-0.4, -0.2) is 18.0 Å². The van der Waals surface area contributed by atoms with Crippen LogP contribution in [0.15, 0.2) is 30.5 Å². The number of hydrogen-bond donors (Lipinski definition) is 1. The van der Waals surface area contributed by atoms with Gasteiger partial charge < -0.3 is 5.32 Å². The Labute approximate surface area is 137 Å². The largest absolute Gasteiger partial charge is 0.386 e. The summed E-state index contributed by atoms with van der Waals surface area (Å²) in [4.78, 5) is 4.34. The molecule has 1 aliphatic carbocycles. The van der Waals surface area contributed by atoms with Gasteiger partial charge in [-0.2, -0.15) is 0 Å². The van der Waals surface area contributed by atoms with E-state index in [0.717, 1.165) is 18.2 Å². The molecule has 3 rings (SSSR count). The number of pyridine rings is 1. The van der Waals surface area contributed by atoms with Crippen LogP contribution in [0.4, 0.5) is 23.2 Å². The first-order valence-corrected chi connectivity index (χ1v) is 7.91. The molecule has 1 aromatic carbocycles. The number of nitrogens with zero attached hydrogens (tertiary/aromatic N) is 1. The first-order chi connectivity index (χ1) is 11.4. The maximum absolute atomic E-state index is 14.1. The normalized spacial score (nSPS) is 17.7. The van der Waals surface area contributed by atoms with Gasteiger partial charge in [0.1, 0.15) is 11.6 Å². The van der Waals surface area contributed by atoms with Crippen molar-refractivity contribution in [3.05, 3.63) is 47.8 Å². The van der Waals surface area contributed by atoms with Crippen molar-refractivity contribution in [2.24, 2.45) is 0 Å². The molecule has 1 saturated carbocycles. The molecule has 1 aromatic heterocycles. The topological polar surface area (TPSA) is 24.9 Å². The van der Waals surface area contributed by atoms with Crippen molar-refractivity contribution in [1.82, 2.24) is 4.98 Å². The standard InChI is InChI=1S/C18H18F4N2/c1-23-17-13(14-10-12(19)2-3-15(14)20)6-9-24-16(17)11-4-7-18(21,22)8-5-11/h2-3,6,9-11,23H,4-5,7-8H2,1H3. The van der Waals surface area contributed by atoms with Crippen molar-refractivity contribution in [3.8, 4) is 11.1 Å². The van der Waals surface area contributed by atoms with E-state index in [1.807, 2.05) is 0 Å². The highest BCUT2D eigenvalue weighted by molar-refractivity contribution is 5.79. The molecule has 1 aliphatic rings. The van der Waals surface area contributed by atoms with Crippen LogP contribution >= 0.6 is 0 Å². The second kappa shape index (κ2) is 6.42. The quantitative estimate of drug-likeness (QED) is 0.762. The van der Waals surface area contributed by atoms with E-state index < -0.39 is 17.6 Å². The molecule has 2 nitrogen and oxygen atoms in total. The van der Waals surface area contributed by atoms with Crippen LogP contribution in [0.2, 0.25) is 0 Å². The Morgan fingerprint density at radius 2 is 1.79 bits per heavy atom. The fourth-order valence-corrected chi connectivity index (χ4v) is 3.29. The van der Waals surface area contributed by atoms with Crippen molar-refractivity contribution >= 4 is 5.69 Å². The molecule has 0 spiro atoms. The van der Waals surface area contributed by atoms with Gasteiger partial charge in [-0.05, 0) is 37.1 Å². The molecule has 1 fully saturated rings. The summed E-state index contributed by atoms with van der Waals surface area (Å²) in [5.74, 6) is -3.82. The first kappa shape index (κ1) is 16.7. The third kappa shape index (κ3) is 3.23. The molecule has 1 heterocycles. The van der Waals surface area contributed by atoms with E-state index in [0.29, 0.717) is 29.8 Å². The molecule has 6 heteroatoms. The molecule has 2 aromatic rings. The monoisotopic (exact) mass is 338 g/mol. The van der Waals surface area contributed by atoms with Gasteiger partial charge in [-0.1, -0.05) is 0 Å².